The highest BCUT2D eigenvalue weighted by atomic mass is 16.5. The van der Waals surface area contributed by atoms with Crippen molar-refractivity contribution in [2.75, 3.05) is 13.7 Å². The number of ether oxygens (including phenoxy) is 1. The number of nitrogens with two attached hydrogens (primary N) is 1. The molecular formula is C11H17NO2. The monoisotopic (exact) mass is 195 g/mol. The van der Waals surface area contributed by atoms with E-state index in [1.54, 1.807) is 7.11 Å². The minimum atomic E-state index is -0.684. The van der Waals surface area contributed by atoms with Crippen LogP contribution in [0.4, 0.5) is 0 Å². The van der Waals surface area contributed by atoms with E-state index in [0.717, 1.165) is 16.9 Å². The first kappa shape index (κ1) is 11.0. The zero-order valence-corrected chi connectivity index (χ0v) is 8.87. The van der Waals surface area contributed by atoms with Gasteiger partial charge in [-0.1, -0.05) is 6.07 Å². The van der Waals surface area contributed by atoms with Crippen molar-refractivity contribution in [2.45, 2.75) is 19.4 Å². The fraction of sp³-hybridized carbons (Fsp3) is 0.455. The van der Waals surface area contributed by atoms with E-state index in [1.165, 1.54) is 0 Å². The summed E-state index contributed by atoms with van der Waals surface area (Å²) in [6.07, 6.45) is 0. The molecule has 3 nitrogen and oxygen atoms in total. The maximum Gasteiger partial charge on any atom is 0.119 e. The Morgan fingerprint density at radius 1 is 1.50 bits per heavy atom. The Kier molecular flexibility index (Phi) is 3.13. The predicted octanol–water partition coefficient (Wildman–Crippen LogP) is 1.17. The molecule has 0 saturated carbocycles. The second-order valence-corrected chi connectivity index (χ2v) is 3.76. The van der Waals surface area contributed by atoms with Gasteiger partial charge in [-0.05, 0) is 37.1 Å². The number of aliphatic hydroxyl groups is 1. The summed E-state index contributed by atoms with van der Waals surface area (Å²) in [5.74, 6) is 0.806. The first-order chi connectivity index (χ1) is 6.51. The van der Waals surface area contributed by atoms with Crippen molar-refractivity contribution in [3.8, 4) is 5.75 Å². The summed E-state index contributed by atoms with van der Waals surface area (Å²) < 4.78 is 5.09. The van der Waals surface area contributed by atoms with Crippen LogP contribution in [0.3, 0.4) is 0 Å². The lowest BCUT2D eigenvalue weighted by Crippen LogP contribution is -2.37. The molecule has 0 radical (unpaired) electrons. The Labute approximate surface area is 84.5 Å². The quantitative estimate of drug-likeness (QED) is 0.761. The first-order valence-corrected chi connectivity index (χ1v) is 4.56. The van der Waals surface area contributed by atoms with Crippen molar-refractivity contribution in [1.29, 1.82) is 0 Å². The average Bonchev–Trinajstić information content (AvgIpc) is 2.17. The molecular weight excluding hydrogens is 178 g/mol. The largest absolute Gasteiger partial charge is 0.497 e. The second kappa shape index (κ2) is 3.98. The molecule has 3 N–H and O–H groups in total. The van der Waals surface area contributed by atoms with Gasteiger partial charge in [0.2, 0.25) is 0 Å². The normalized spacial score (nSPS) is 14.9. The molecule has 0 aliphatic heterocycles. The fourth-order valence-corrected chi connectivity index (χ4v) is 1.49. The highest BCUT2D eigenvalue weighted by Crippen LogP contribution is 2.24. The molecule has 1 aromatic carbocycles. The van der Waals surface area contributed by atoms with Crippen LogP contribution in [0.5, 0.6) is 5.75 Å². The molecule has 0 amide bonds. The molecule has 0 aromatic heterocycles. The molecule has 0 saturated heterocycles. The van der Waals surface area contributed by atoms with Crippen molar-refractivity contribution in [1.82, 2.24) is 0 Å². The Balaban J connectivity index is 3.12. The van der Waals surface area contributed by atoms with Crippen LogP contribution in [-0.2, 0) is 5.54 Å². The van der Waals surface area contributed by atoms with Gasteiger partial charge in [-0.3, -0.25) is 0 Å². The van der Waals surface area contributed by atoms with E-state index in [-0.39, 0.29) is 6.61 Å². The molecule has 14 heavy (non-hydrogen) atoms. The maximum absolute atomic E-state index is 9.14. The van der Waals surface area contributed by atoms with Gasteiger partial charge in [0.15, 0.2) is 0 Å². The summed E-state index contributed by atoms with van der Waals surface area (Å²) >= 11 is 0. The van der Waals surface area contributed by atoms with Crippen molar-refractivity contribution < 1.29 is 9.84 Å². The number of methoxy groups -OCH3 is 1. The van der Waals surface area contributed by atoms with Crippen molar-refractivity contribution in [3.05, 3.63) is 29.3 Å². The summed E-state index contributed by atoms with van der Waals surface area (Å²) in [5.41, 5.74) is 7.23. The summed E-state index contributed by atoms with van der Waals surface area (Å²) in [7, 11) is 1.63. The Morgan fingerprint density at radius 2 is 2.14 bits per heavy atom. The van der Waals surface area contributed by atoms with Gasteiger partial charge in [0.25, 0.3) is 0 Å². The third-order valence-corrected chi connectivity index (χ3v) is 2.38. The fourth-order valence-electron chi connectivity index (χ4n) is 1.49. The number of hydrogen-bond donors (Lipinski definition) is 2. The van der Waals surface area contributed by atoms with Crippen LogP contribution in [0.15, 0.2) is 18.2 Å². The third-order valence-electron chi connectivity index (χ3n) is 2.38. The molecule has 78 valence electrons. The summed E-state index contributed by atoms with van der Waals surface area (Å²) in [6, 6.07) is 5.66. The van der Waals surface area contributed by atoms with Crippen LogP contribution in [-0.4, -0.2) is 18.8 Å². The molecule has 0 aliphatic carbocycles. The number of benzene rings is 1. The second-order valence-electron chi connectivity index (χ2n) is 3.76. The third kappa shape index (κ3) is 2.05. The molecule has 0 bridgehead atoms. The molecule has 0 fully saturated rings. The minimum Gasteiger partial charge on any atom is -0.497 e. The van der Waals surface area contributed by atoms with Crippen molar-refractivity contribution in [3.63, 3.8) is 0 Å². The molecule has 0 spiro atoms. The number of rotatable bonds is 3. The standard InChI is InChI=1S/C11H17NO2/c1-8-6-9(14-3)4-5-10(8)11(2,12)7-13/h4-6,13H,7,12H2,1-3H3/t11-/m0/s1. The Bertz CT molecular complexity index is 321. The molecule has 1 aromatic rings. The molecule has 0 heterocycles. The van der Waals surface area contributed by atoms with Crippen LogP contribution >= 0.6 is 0 Å². The predicted molar refractivity (Wildman–Crippen MR) is 56.4 cm³/mol. The van der Waals surface area contributed by atoms with Gasteiger partial charge < -0.3 is 15.6 Å². The van der Waals surface area contributed by atoms with Gasteiger partial charge in [-0.25, -0.2) is 0 Å². The molecule has 0 unspecified atom stereocenters. The van der Waals surface area contributed by atoms with Crippen molar-refractivity contribution >= 4 is 0 Å². The topological polar surface area (TPSA) is 55.5 Å². The zero-order chi connectivity index (χ0) is 10.8. The SMILES string of the molecule is COc1ccc([C@@](C)(N)CO)c(C)c1. The summed E-state index contributed by atoms with van der Waals surface area (Å²) in [5, 5.41) is 9.14. The van der Waals surface area contributed by atoms with E-state index in [4.69, 9.17) is 15.6 Å². The molecule has 3 heteroatoms. The van der Waals surface area contributed by atoms with Gasteiger partial charge >= 0.3 is 0 Å². The smallest absolute Gasteiger partial charge is 0.119 e. The lowest BCUT2D eigenvalue weighted by atomic mass is 9.90. The highest BCUT2D eigenvalue weighted by Gasteiger charge is 2.21. The Hall–Kier alpha value is -1.06. The maximum atomic E-state index is 9.14. The highest BCUT2D eigenvalue weighted by molar-refractivity contribution is 5.38. The van der Waals surface area contributed by atoms with E-state index in [2.05, 4.69) is 0 Å². The number of aliphatic hydroxyl groups excluding tert-OH is 1. The first-order valence-electron chi connectivity index (χ1n) is 4.56. The van der Waals surface area contributed by atoms with Gasteiger partial charge in [-0.15, -0.1) is 0 Å². The molecule has 0 aliphatic rings. The molecule has 1 atom stereocenters. The lowest BCUT2D eigenvalue weighted by molar-refractivity contribution is 0.209. The van der Waals surface area contributed by atoms with E-state index >= 15 is 0 Å². The van der Waals surface area contributed by atoms with Gasteiger partial charge in [0.05, 0.1) is 19.3 Å². The van der Waals surface area contributed by atoms with E-state index < -0.39 is 5.54 Å². The number of aryl methyl sites for hydroxylation is 1. The summed E-state index contributed by atoms with van der Waals surface area (Å²) in [4.78, 5) is 0. The van der Waals surface area contributed by atoms with Crippen LogP contribution in [0.1, 0.15) is 18.1 Å². The molecule has 1 rings (SSSR count). The van der Waals surface area contributed by atoms with Crippen LogP contribution < -0.4 is 10.5 Å². The van der Waals surface area contributed by atoms with Crippen LogP contribution in [0, 0.1) is 6.92 Å². The zero-order valence-electron chi connectivity index (χ0n) is 8.87. The Morgan fingerprint density at radius 3 is 2.57 bits per heavy atom. The summed E-state index contributed by atoms with van der Waals surface area (Å²) in [6.45, 7) is 3.70. The lowest BCUT2D eigenvalue weighted by Gasteiger charge is -2.24. The van der Waals surface area contributed by atoms with Crippen molar-refractivity contribution in [2.24, 2.45) is 5.73 Å². The van der Waals surface area contributed by atoms with Gasteiger partial charge in [-0.2, -0.15) is 0 Å². The minimum absolute atomic E-state index is 0.0693. The van der Waals surface area contributed by atoms with E-state index in [1.807, 2.05) is 32.0 Å². The van der Waals surface area contributed by atoms with Crippen LogP contribution in [0.2, 0.25) is 0 Å². The van der Waals surface area contributed by atoms with Crippen LogP contribution in [0.25, 0.3) is 0 Å². The van der Waals surface area contributed by atoms with Gasteiger partial charge in [0.1, 0.15) is 5.75 Å². The van der Waals surface area contributed by atoms with E-state index in [9.17, 15) is 0 Å². The van der Waals surface area contributed by atoms with Gasteiger partial charge in [0, 0.05) is 0 Å². The van der Waals surface area contributed by atoms with E-state index in [0.29, 0.717) is 0 Å². The number of hydrogen-bond acceptors (Lipinski definition) is 3. The average molecular weight is 195 g/mol.